The summed E-state index contributed by atoms with van der Waals surface area (Å²) >= 11 is 0. The number of amides is 1. The Balaban J connectivity index is 2.12. The Kier molecular flexibility index (Phi) is 5.26. The van der Waals surface area contributed by atoms with Gasteiger partial charge in [0.05, 0.1) is 19.3 Å². The van der Waals surface area contributed by atoms with Gasteiger partial charge in [0, 0.05) is 13.1 Å². The molecule has 1 unspecified atom stereocenters. The molecule has 1 aliphatic rings. The average Bonchev–Trinajstić information content (AvgIpc) is 2.96. The predicted molar refractivity (Wildman–Crippen MR) is 74.4 cm³/mol. The molecule has 2 rings (SSSR count). The second-order valence-corrected chi connectivity index (χ2v) is 4.92. The first kappa shape index (κ1) is 15.4. The molecule has 0 spiro atoms. The van der Waals surface area contributed by atoms with Crippen molar-refractivity contribution in [2.24, 2.45) is 5.73 Å². The van der Waals surface area contributed by atoms with E-state index in [1.807, 2.05) is 0 Å². The van der Waals surface area contributed by atoms with Gasteiger partial charge in [-0.2, -0.15) is 0 Å². The molecule has 2 N–H and O–H groups in total. The van der Waals surface area contributed by atoms with Crippen LogP contribution >= 0.6 is 0 Å². The molecule has 1 amide bonds. The van der Waals surface area contributed by atoms with E-state index < -0.39 is 6.04 Å². The summed E-state index contributed by atoms with van der Waals surface area (Å²) in [5.41, 5.74) is 5.67. The molecule has 2 heterocycles. The van der Waals surface area contributed by atoms with E-state index in [1.54, 1.807) is 13.1 Å². The number of rotatable bonds is 5. The zero-order valence-corrected chi connectivity index (χ0v) is 12.2. The highest BCUT2D eigenvalue weighted by Gasteiger charge is 2.34. The minimum absolute atomic E-state index is 0.236. The molecule has 21 heavy (non-hydrogen) atoms. The van der Waals surface area contributed by atoms with Crippen LogP contribution in [0, 0.1) is 0 Å². The van der Waals surface area contributed by atoms with E-state index in [0.717, 1.165) is 12.8 Å². The third kappa shape index (κ3) is 3.57. The zero-order valence-electron chi connectivity index (χ0n) is 12.2. The van der Waals surface area contributed by atoms with Crippen LogP contribution in [0.2, 0.25) is 0 Å². The zero-order chi connectivity index (χ0) is 15.2. The first-order chi connectivity index (χ1) is 10.2. The molecule has 0 aliphatic carbocycles. The van der Waals surface area contributed by atoms with Gasteiger partial charge in [0.2, 0.25) is 0 Å². The fraction of sp³-hybridized carbons (Fsp3) is 0.692. The monoisotopic (exact) mass is 295 g/mol. The number of carbonyl (C=O) groups is 2. The topological polar surface area (TPSA) is 103 Å². The molecule has 1 aliphatic heterocycles. The minimum atomic E-state index is -0.522. The summed E-state index contributed by atoms with van der Waals surface area (Å²) in [6.07, 6.45) is 3.97. The van der Waals surface area contributed by atoms with Gasteiger partial charge in [-0.3, -0.25) is 9.48 Å². The van der Waals surface area contributed by atoms with Crippen LogP contribution in [-0.2, 0) is 16.1 Å². The molecule has 0 bridgehead atoms. The lowest BCUT2D eigenvalue weighted by Crippen LogP contribution is -2.48. The normalized spacial score (nSPS) is 18.6. The van der Waals surface area contributed by atoms with Crippen molar-refractivity contribution in [3.05, 3.63) is 11.9 Å². The van der Waals surface area contributed by atoms with E-state index in [2.05, 4.69) is 10.3 Å². The summed E-state index contributed by atoms with van der Waals surface area (Å²) in [6.45, 7) is 3.52. The van der Waals surface area contributed by atoms with Crippen LogP contribution in [0.1, 0.15) is 36.7 Å². The number of nitrogens with zero attached hydrogens (tertiary/aromatic N) is 4. The second-order valence-electron chi connectivity index (χ2n) is 4.92. The summed E-state index contributed by atoms with van der Waals surface area (Å²) in [6, 6.07) is -0.522. The standard InChI is InChI=1S/C13H21N5O3/c1-2-21-13(20)11-5-3-4-7-18(11)12(19)10-9-17(8-6-14)16-15-10/h9,11H,2-8,14H2,1H3. The van der Waals surface area contributed by atoms with Crippen molar-refractivity contribution in [3.63, 3.8) is 0 Å². The number of nitrogens with two attached hydrogens (primary N) is 1. The molecular formula is C13H21N5O3. The molecule has 8 heteroatoms. The fourth-order valence-electron chi connectivity index (χ4n) is 2.44. The van der Waals surface area contributed by atoms with Gasteiger partial charge in [0.1, 0.15) is 6.04 Å². The van der Waals surface area contributed by atoms with E-state index in [4.69, 9.17) is 10.5 Å². The van der Waals surface area contributed by atoms with E-state index in [-0.39, 0.29) is 17.6 Å². The Morgan fingerprint density at radius 3 is 3.00 bits per heavy atom. The molecule has 1 saturated heterocycles. The lowest BCUT2D eigenvalue weighted by Gasteiger charge is -2.33. The van der Waals surface area contributed by atoms with Crippen molar-refractivity contribution in [1.29, 1.82) is 0 Å². The van der Waals surface area contributed by atoms with E-state index in [1.165, 1.54) is 9.58 Å². The van der Waals surface area contributed by atoms with Gasteiger partial charge in [-0.25, -0.2) is 4.79 Å². The maximum Gasteiger partial charge on any atom is 0.328 e. The van der Waals surface area contributed by atoms with E-state index >= 15 is 0 Å². The molecule has 1 aromatic heterocycles. The van der Waals surface area contributed by atoms with Crippen LogP contribution in [0.5, 0.6) is 0 Å². The molecule has 8 nitrogen and oxygen atoms in total. The van der Waals surface area contributed by atoms with Gasteiger partial charge in [0.15, 0.2) is 5.69 Å². The summed E-state index contributed by atoms with van der Waals surface area (Å²) in [7, 11) is 0. The van der Waals surface area contributed by atoms with E-state index in [0.29, 0.717) is 32.7 Å². The van der Waals surface area contributed by atoms with Crippen molar-refractivity contribution in [2.75, 3.05) is 19.7 Å². The molecule has 116 valence electrons. The predicted octanol–water partition coefficient (Wildman–Crippen LogP) is -0.205. The van der Waals surface area contributed by atoms with Gasteiger partial charge < -0.3 is 15.4 Å². The Morgan fingerprint density at radius 2 is 2.29 bits per heavy atom. The Hall–Kier alpha value is -1.96. The van der Waals surface area contributed by atoms with Crippen LogP contribution in [0.3, 0.4) is 0 Å². The molecule has 0 saturated carbocycles. The molecular weight excluding hydrogens is 274 g/mol. The lowest BCUT2D eigenvalue weighted by atomic mass is 10.0. The van der Waals surface area contributed by atoms with Crippen LogP contribution in [-0.4, -0.2) is 57.5 Å². The number of esters is 1. The molecule has 1 fully saturated rings. The molecule has 0 aromatic carbocycles. The molecule has 0 radical (unpaired) electrons. The Morgan fingerprint density at radius 1 is 1.48 bits per heavy atom. The number of likely N-dealkylation sites (tertiary alicyclic amines) is 1. The lowest BCUT2D eigenvalue weighted by molar-refractivity contribution is -0.149. The van der Waals surface area contributed by atoms with Crippen molar-refractivity contribution < 1.29 is 14.3 Å². The third-order valence-corrected chi connectivity index (χ3v) is 3.44. The highest BCUT2D eigenvalue weighted by molar-refractivity contribution is 5.95. The van der Waals surface area contributed by atoms with Crippen molar-refractivity contribution >= 4 is 11.9 Å². The van der Waals surface area contributed by atoms with Gasteiger partial charge in [-0.05, 0) is 26.2 Å². The Labute approximate surface area is 123 Å². The highest BCUT2D eigenvalue weighted by Crippen LogP contribution is 2.20. The van der Waals surface area contributed by atoms with Crippen LogP contribution in [0.25, 0.3) is 0 Å². The second kappa shape index (κ2) is 7.16. The van der Waals surface area contributed by atoms with Crippen LogP contribution in [0.4, 0.5) is 0 Å². The smallest absolute Gasteiger partial charge is 0.328 e. The highest BCUT2D eigenvalue weighted by atomic mass is 16.5. The first-order valence-corrected chi connectivity index (χ1v) is 7.25. The first-order valence-electron chi connectivity index (χ1n) is 7.25. The third-order valence-electron chi connectivity index (χ3n) is 3.44. The van der Waals surface area contributed by atoms with Crippen molar-refractivity contribution in [1.82, 2.24) is 19.9 Å². The van der Waals surface area contributed by atoms with Crippen molar-refractivity contribution in [2.45, 2.75) is 38.8 Å². The van der Waals surface area contributed by atoms with Crippen LogP contribution in [0.15, 0.2) is 6.20 Å². The molecule has 1 atom stereocenters. The van der Waals surface area contributed by atoms with Gasteiger partial charge in [0.25, 0.3) is 5.91 Å². The summed E-state index contributed by atoms with van der Waals surface area (Å²) in [5.74, 6) is -0.629. The van der Waals surface area contributed by atoms with Crippen LogP contribution < -0.4 is 5.73 Å². The number of hydrogen-bond donors (Lipinski definition) is 1. The van der Waals surface area contributed by atoms with E-state index in [9.17, 15) is 9.59 Å². The quantitative estimate of drug-likeness (QED) is 0.754. The van der Waals surface area contributed by atoms with Gasteiger partial charge in [-0.15, -0.1) is 5.10 Å². The Bertz CT molecular complexity index is 502. The maximum absolute atomic E-state index is 12.5. The number of ether oxygens (including phenoxy) is 1. The van der Waals surface area contributed by atoms with Crippen molar-refractivity contribution in [3.8, 4) is 0 Å². The molecule has 1 aromatic rings. The average molecular weight is 295 g/mol. The number of hydrogen-bond acceptors (Lipinski definition) is 6. The summed E-state index contributed by atoms with van der Waals surface area (Å²) < 4.78 is 6.58. The number of aromatic nitrogens is 3. The van der Waals surface area contributed by atoms with Gasteiger partial charge >= 0.3 is 5.97 Å². The van der Waals surface area contributed by atoms with Gasteiger partial charge in [-0.1, -0.05) is 5.21 Å². The largest absolute Gasteiger partial charge is 0.464 e. The summed E-state index contributed by atoms with van der Waals surface area (Å²) in [4.78, 5) is 26.0. The minimum Gasteiger partial charge on any atom is -0.464 e. The summed E-state index contributed by atoms with van der Waals surface area (Å²) in [5, 5.41) is 7.71. The maximum atomic E-state index is 12.5. The number of piperidine rings is 1. The fourth-order valence-corrected chi connectivity index (χ4v) is 2.44. The number of carbonyl (C=O) groups excluding carboxylic acids is 2. The SMILES string of the molecule is CCOC(=O)C1CCCCN1C(=O)c1cn(CCN)nn1.